The molecule has 136 valence electrons. The molecule has 0 aliphatic heterocycles. The second kappa shape index (κ2) is 17.3. The lowest BCUT2D eigenvalue weighted by atomic mass is 10.1. The number of hydrogen-bond acceptors (Lipinski definition) is 6. The lowest BCUT2D eigenvalue weighted by Gasteiger charge is -2.00. The maximum Gasteiger partial charge on any atom is 0.320 e. The Morgan fingerprint density at radius 1 is 0.769 bits per heavy atom. The predicted octanol–water partition coefficient (Wildman–Crippen LogP) is 1.81. The van der Waals surface area contributed by atoms with Gasteiger partial charge in [-0.05, 0) is 17.5 Å². The van der Waals surface area contributed by atoms with Crippen molar-refractivity contribution in [3.8, 4) is 0 Å². The van der Waals surface area contributed by atoms with E-state index < -0.39 is 12.1 Å². The number of carbonyl (C=O) groups is 2. The van der Waals surface area contributed by atoms with Crippen LogP contribution in [0.25, 0.3) is 0 Å². The maximum absolute atomic E-state index is 9.62. The lowest BCUT2D eigenvalue weighted by molar-refractivity contribution is 0.236. The molecule has 2 rings (SSSR count). The van der Waals surface area contributed by atoms with Gasteiger partial charge >= 0.3 is 12.1 Å². The van der Waals surface area contributed by atoms with Crippen molar-refractivity contribution in [3.63, 3.8) is 0 Å². The number of hydrogen-bond donors (Lipinski definition) is 5. The summed E-state index contributed by atoms with van der Waals surface area (Å²) in [5.41, 5.74) is 11.6. The van der Waals surface area contributed by atoms with Crippen LogP contribution in [0.4, 0.5) is 9.59 Å². The molecule has 0 saturated heterocycles. The number of urea groups is 2. The molecular formula is C17H19N5O4. The molecule has 7 N–H and O–H groups in total. The molecule has 0 saturated carbocycles. The van der Waals surface area contributed by atoms with Gasteiger partial charge in [0.25, 0.3) is 0 Å². The number of nitrogens with two attached hydrogens (primary N) is 2. The van der Waals surface area contributed by atoms with Crippen LogP contribution >= 0.6 is 0 Å². The SMILES string of the molecule is N=C=O.N=C=O.NC(=O)NC(N)=O.c1ccc(Cc2ccccc2)cc1. The largest absolute Gasteiger partial charge is 0.351 e. The monoisotopic (exact) mass is 357 g/mol. The molecule has 0 bridgehead atoms. The van der Waals surface area contributed by atoms with Crippen LogP contribution in [0.1, 0.15) is 11.1 Å². The number of amides is 4. The quantitative estimate of drug-likeness (QED) is 0.406. The Morgan fingerprint density at radius 3 is 1.23 bits per heavy atom. The van der Waals surface area contributed by atoms with Crippen LogP contribution in [0.2, 0.25) is 0 Å². The first-order valence-corrected chi connectivity index (χ1v) is 6.92. The first kappa shape index (κ1) is 24.2. The second-order valence-electron chi connectivity index (χ2n) is 4.21. The Kier molecular flexibility index (Phi) is 16.1. The van der Waals surface area contributed by atoms with E-state index in [-0.39, 0.29) is 0 Å². The van der Waals surface area contributed by atoms with Crippen molar-refractivity contribution < 1.29 is 19.2 Å². The zero-order chi connectivity index (χ0) is 20.2. The first-order valence-electron chi connectivity index (χ1n) is 6.92. The smallest absolute Gasteiger partial charge is 0.320 e. The Labute approximate surface area is 150 Å². The summed E-state index contributed by atoms with van der Waals surface area (Å²) in [5.74, 6) is 0. The van der Waals surface area contributed by atoms with Gasteiger partial charge in [0.2, 0.25) is 12.2 Å². The van der Waals surface area contributed by atoms with Gasteiger partial charge < -0.3 is 11.5 Å². The number of isocyanates is 2. The van der Waals surface area contributed by atoms with E-state index in [1.807, 2.05) is 0 Å². The minimum atomic E-state index is -0.938. The average molecular weight is 357 g/mol. The zero-order valence-electron chi connectivity index (χ0n) is 13.8. The van der Waals surface area contributed by atoms with Gasteiger partial charge in [0, 0.05) is 0 Å². The van der Waals surface area contributed by atoms with E-state index in [1.54, 1.807) is 5.32 Å². The van der Waals surface area contributed by atoms with E-state index in [2.05, 4.69) is 72.1 Å². The molecule has 2 aromatic rings. The minimum absolute atomic E-state index is 0.750. The van der Waals surface area contributed by atoms with E-state index in [0.717, 1.165) is 18.6 Å². The van der Waals surface area contributed by atoms with Crippen LogP contribution in [0.5, 0.6) is 0 Å². The fraction of sp³-hybridized carbons (Fsp3) is 0.0588. The van der Waals surface area contributed by atoms with E-state index >= 15 is 0 Å². The van der Waals surface area contributed by atoms with E-state index in [4.69, 9.17) is 20.4 Å². The highest BCUT2D eigenvalue weighted by molar-refractivity contribution is 5.91. The highest BCUT2D eigenvalue weighted by Gasteiger charge is 1.93. The number of imide groups is 1. The summed E-state index contributed by atoms with van der Waals surface area (Å²) in [6.07, 6.45) is 2.53. The number of nitrogens with one attached hydrogen (secondary N) is 3. The van der Waals surface area contributed by atoms with Crippen LogP contribution in [0, 0.1) is 10.8 Å². The summed E-state index contributed by atoms with van der Waals surface area (Å²) in [7, 11) is 0. The van der Waals surface area contributed by atoms with Crippen molar-refractivity contribution in [2.45, 2.75) is 6.42 Å². The molecule has 0 spiro atoms. The van der Waals surface area contributed by atoms with Crippen molar-refractivity contribution in [2.24, 2.45) is 11.5 Å². The van der Waals surface area contributed by atoms with Crippen LogP contribution in [0.15, 0.2) is 60.7 Å². The third-order valence-corrected chi connectivity index (χ3v) is 2.34. The molecule has 2 aromatic carbocycles. The highest BCUT2D eigenvalue weighted by Crippen LogP contribution is 2.07. The maximum atomic E-state index is 9.62. The van der Waals surface area contributed by atoms with Crippen molar-refractivity contribution in [1.82, 2.24) is 5.32 Å². The third-order valence-electron chi connectivity index (χ3n) is 2.34. The summed E-state index contributed by atoms with van der Waals surface area (Å²) in [6, 6.07) is 19.2. The normalized spacial score (nSPS) is 7.54. The zero-order valence-corrected chi connectivity index (χ0v) is 13.8. The highest BCUT2D eigenvalue weighted by atomic mass is 16.2. The van der Waals surface area contributed by atoms with Gasteiger partial charge in [0.1, 0.15) is 0 Å². The fourth-order valence-electron chi connectivity index (χ4n) is 1.55. The molecule has 9 heteroatoms. The second-order valence-corrected chi connectivity index (χ2v) is 4.21. The van der Waals surface area contributed by atoms with Crippen molar-refractivity contribution in [3.05, 3.63) is 71.8 Å². The molecule has 26 heavy (non-hydrogen) atoms. The van der Waals surface area contributed by atoms with Gasteiger partial charge in [0.15, 0.2) is 0 Å². The summed E-state index contributed by atoms with van der Waals surface area (Å²) < 4.78 is 0. The van der Waals surface area contributed by atoms with Crippen molar-refractivity contribution in [2.75, 3.05) is 0 Å². The van der Waals surface area contributed by atoms with Crippen LogP contribution in [-0.4, -0.2) is 24.2 Å². The molecule has 9 nitrogen and oxygen atoms in total. The Balaban J connectivity index is 0. The summed E-state index contributed by atoms with van der Waals surface area (Å²) in [4.78, 5) is 35.9. The standard InChI is InChI=1S/C13H12.C2H5N3O2.2CHNO/c1-3-7-12(8-4-1)11-13-9-5-2-6-10-13;3-1(6)5-2(4)7;2*2-1-3/h1-10H,11H2;(H5,3,4,5,6,7);2*2H. The molecule has 0 unspecified atom stereocenters. The number of carbonyl (C=O) groups excluding carboxylic acids is 4. The summed E-state index contributed by atoms with van der Waals surface area (Å²) in [5, 5.41) is 12.4. The van der Waals surface area contributed by atoms with Crippen LogP contribution in [-0.2, 0) is 16.0 Å². The van der Waals surface area contributed by atoms with E-state index in [9.17, 15) is 9.59 Å². The van der Waals surface area contributed by atoms with E-state index in [0.29, 0.717) is 0 Å². The van der Waals surface area contributed by atoms with Crippen LogP contribution < -0.4 is 16.8 Å². The van der Waals surface area contributed by atoms with E-state index in [1.165, 1.54) is 11.1 Å². The summed E-state index contributed by atoms with van der Waals surface area (Å²) >= 11 is 0. The average Bonchev–Trinajstić information content (AvgIpc) is 2.57. The molecule has 0 aliphatic carbocycles. The Hall–Kier alpha value is -4.06. The Bertz CT molecular complexity index is 647. The molecule has 0 fully saturated rings. The molecule has 0 radical (unpaired) electrons. The van der Waals surface area contributed by atoms with Gasteiger partial charge in [-0.15, -0.1) is 0 Å². The molecule has 4 amide bonds. The molecule has 0 atom stereocenters. The molecule has 0 aliphatic rings. The minimum Gasteiger partial charge on any atom is -0.351 e. The van der Waals surface area contributed by atoms with Crippen molar-refractivity contribution in [1.29, 1.82) is 10.8 Å². The number of primary amides is 2. The van der Waals surface area contributed by atoms with Crippen molar-refractivity contribution >= 4 is 24.2 Å². The Morgan fingerprint density at radius 2 is 1.04 bits per heavy atom. The number of benzene rings is 2. The predicted molar refractivity (Wildman–Crippen MR) is 94.8 cm³/mol. The van der Waals surface area contributed by atoms with Gasteiger partial charge in [-0.1, -0.05) is 60.7 Å². The molecular weight excluding hydrogens is 338 g/mol. The van der Waals surface area contributed by atoms with Gasteiger partial charge in [0.05, 0.1) is 0 Å². The molecule has 0 heterocycles. The van der Waals surface area contributed by atoms with Gasteiger partial charge in [-0.2, -0.15) is 0 Å². The summed E-state index contributed by atoms with van der Waals surface area (Å²) in [6.45, 7) is 0. The lowest BCUT2D eigenvalue weighted by Crippen LogP contribution is -2.38. The molecule has 0 aromatic heterocycles. The fourth-order valence-corrected chi connectivity index (χ4v) is 1.55. The third kappa shape index (κ3) is 18.0. The number of rotatable bonds is 2. The van der Waals surface area contributed by atoms with Gasteiger partial charge in [-0.3, -0.25) is 5.32 Å². The van der Waals surface area contributed by atoms with Crippen LogP contribution in [0.3, 0.4) is 0 Å². The topological polar surface area (TPSA) is 180 Å². The first-order chi connectivity index (χ1) is 12.4. The van der Waals surface area contributed by atoms with Gasteiger partial charge in [-0.25, -0.2) is 30.0 Å².